The fourth-order valence-corrected chi connectivity index (χ4v) is 2.46. The molecule has 1 aliphatic rings. The van der Waals surface area contributed by atoms with E-state index in [0.717, 1.165) is 17.9 Å². The summed E-state index contributed by atoms with van der Waals surface area (Å²) in [4.78, 5) is 14.2. The fraction of sp³-hybridized carbons (Fsp3) is 0.562. The highest BCUT2D eigenvalue weighted by Gasteiger charge is 2.30. The van der Waals surface area contributed by atoms with Crippen LogP contribution in [0.2, 0.25) is 0 Å². The van der Waals surface area contributed by atoms with Gasteiger partial charge in [0.15, 0.2) is 0 Å². The van der Waals surface area contributed by atoms with E-state index in [2.05, 4.69) is 5.32 Å². The van der Waals surface area contributed by atoms with Gasteiger partial charge in [0, 0.05) is 20.1 Å². The fourth-order valence-electron chi connectivity index (χ4n) is 2.46. The molecule has 22 heavy (non-hydrogen) atoms. The van der Waals surface area contributed by atoms with Gasteiger partial charge in [-0.1, -0.05) is 12.1 Å². The van der Waals surface area contributed by atoms with E-state index in [1.165, 1.54) is 0 Å². The molecule has 1 heterocycles. The molecule has 1 saturated heterocycles. The van der Waals surface area contributed by atoms with Gasteiger partial charge in [-0.15, -0.1) is 12.4 Å². The first kappa shape index (κ1) is 18.7. The van der Waals surface area contributed by atoms with Crippen molar-refractivity contribution in [2.75, 3.05) is 26.8 Å². The Kier molecular flexibility index (Phi) is 7.65. The minimum Gasteiger partial charge on any atom is -0.494 e. The Labute approximate surface area is 138 Å². The maximum Gasteiger partial charge on any atom is 0.242 e. The number of morpholine rings is 1. The van der Waals surface area contributed by atoms with E-state index in [9.17, 15) is 4.79 Å². The van der Waals surface area contributed by atoms with E-state index in [0.29, 0.717) is 19.8 Å². The van der Waals surface area contributed by atoms with E-state index in [1.807, 2.05) is 45.2 Å². The van der Waals surface area contributed by atoms with Crippen LogP contribution in [0.1, 0.15) is 19.4 Å². The monoisotopic (exact) mass is 328 g/mol. The van der Waals surface area contributed by atoms with Gasteiger partial charge in [-0.2, -0.15) is 0 Å². The minimum atomic E-state index is -0.258. The molecule has 124 valence electrons. The molecular weight excluding hydrogens is 304 g/mol. The molecule has 6 heteroatoms. The molecular formula is C16H25ClN2O3. The van der Waals surface area contributed by atoms with Crippen molar-refractivity contribution in [3.63, 3.8) is 0 Å². The number of carbonyl (C=O) groups is 1. The van der Waals surface area contributed by atoms with E-state index in [4.69, 9.17) is 9.47 Å². The predicted octanol–water partition coefficient (Wildman–Crippen LogP) is 1.84. The van der Waals surface area contributed by atoms with Crippen LogP contribution in [-0.4, -0.2) is 49.8 Å². The Morgan fingerprint density at radius 2 is 2.09 bits per heavy atom. The second kappa shape index (κ2) is 8.98. The Morgan fingerprint density at radius 3 is 2.68 bits per heavy atom. The first-order valence-electron chi connectivity index (χ1n) is 7.43. The van der Waals surface area contributed by atoms with Gasteiger partial charge in [-0.05, 0) is 31.5 Å². The van der Waals surface area contributed by atoms with Crippen molar-refractivity contribution in [1.29, 1.82) is 0 Å². The molecule has 1 amide bonds. The van der Waals surface area contributed by atoms with Crippen molar-refractivity contribution < 1.29 is 14.3 Å². The third kappa shape index (κ3) is 4.87. The van der Waals surface area contributed by atoms with Crippen LogP contribution in [0.15, 0.2) is 24.3 Å². The minimum absolute atomic E-state index is 0. The molecule has 1 N–H and O–H groups in total. The zero-order chi connectivity index (χ0) is 15.2. The van der Waals surface area contributed by atoms with Crippen molar-refractivity contribution in [2.24, 2.45) is 0 Å². The molecule has 2 rings (SSSR count). The summed E-state index contributed by atoms with van der Waals surface area (Å²) in [7, 11) is 1.82. The molecule has 1 fully saturated rings. The lowest BCUT2D eigenvalue weighted by Gasteiger charge is -2.32. The normalized spacial score (nSPS) is 20.9. The summed E-state index contributed by atoms with van der Waals surface area (Å²) < 4.78 is 10.9. The number of likely N-dealkylation sites (N-methyl/N-ethyl adjacent to an activating group) is 1. The van der Waals surface area contributed by atoms with Gasteiger partial charge < -0.3 is 19.7 Å². The van der Waals surface area contributed by atoms with E-state index in [1.54, 1.807) is 4.90 Å². The van der Waals surface area contributed by atoms with Crippen LogP contribution in [0.25, 0.3) is 0 Å². The molecule has 1 aromatic carbocycles. The van der Waals surface area contributed by atoms with Crippen LogP contribution in [0.5, 0.6) is 5.75 Å². The Morgan fingerprint density at radius 1 is 1.41 bits per heavy atom. The third-order valence-corrected chi connectivity index (χ3v) is 3.61. The van der Waals surface area contributed by atoms with Crippen LogP contribution in [0, 0.1) is 0 Å². The van der Waals surface area contributed by atoms with Crippen molar-refractivity contribution in [1.82, 2.24) is 10.2 Å². The highest BCUT2D eigenvalue weighted by Crippen LogP contribution is 2.14. The Hall–Kier alpha value is -1.30. The number of ether oxygens (including phenoxy) is 2. The molecule has 0 unspecified atom stereocenters. The summed E-state index contributed by atoms with van der Waals surface area (Å²) in [5.74, 6) is 0.919. The SMILES string of the molecule is CCOc1ccc(CN(C)C(=O)[C@H]2NCCO[C@@H]2C)cc1.Cl. The second-order valence-corrected chi connectivity index (χ2v) is 5.28. The second-order valence-electron chi connectivity index (χ2n) is 5.28. The summed E-state index contributed by atoms with van der Waals surface area (Å²) in [6, 6.07) is 7.58. The van der Waals surface area contributed by atoms with E-state index in [-0.39, 0.29) is 30.5 Å². The Balaban J connectivity index is 0.00000242. The maximum absolute atomic E-state index is 12.4. The number of nitrogens with one attached hydrogen (secondary N) is 1. The molecule has 0 aliphatic carbocycles. The van der Waals surface area contributed by atoms with Crippen LogP contribution in [-0.2, 0) is 16.1 Å². The number of carbonyl (C=O) groups excluding carboxylic acids is 1. The lowest BCUT2D eigenvalue weighted by atomic mass is 10.1. The highest BCUT2D eigenvalue weighted by atomic mass is 35.5. The summed E-state index contributed by atoms with van der Waals surface area (Å²) in [5.41, 5.74) is 1.08. The van der Waals surface area contributed by atoms with Crippen molar-refractivity contribution in [3.05, 3.63) is 29.8 Å². The van der Waals surface area contributed by atoms with E-state index < -0.39 is 0 Å². The Bertz CT molecular complexity index is 467. The average Bonchev–Trinajstić information content (AvgIpc) is 2.49. The topological polar surface area (TPSA) is 50.8 Å². The summed E-state index contributed by atoms with van der Waals surface area (Å²) in [6.45, 7) is 6.50. The van der Waals surface area contributed by atoms with Crippen LogP contribution < -0.4 is 10.1 Å². The summed E-state index contributed by atoms with van der Waals surface area (Å²) in [6.07, 6.45) is -0.0889. The van der Waals surface area contributed by atoms with Crippen LogP contribution >= 0.6 is 12.4 Å². The molecule has 1 aliphatic heterocycles. The number of hydrogen-bond donors (Lipinski definition) is 1. The molecule has 0 bridgehead atoms. The van der Waals surface area contributed by atoms with Gasteiger partial charge in [-0.3, -0.25) is 4.79 Å². The standard InChI is InChI=1S/C16H24N2O3.ClH/c1-4-20-14-7-5-13(6-8-14)11-18(3)16(19)15-12(2)21-10-9-17-15;/h5-8,12,15,17H,4,9-11H2,1-3H3;1H/t12-,15+;/m1./s1. The molecule has 0 spiro atoms. The van der Waals surface area contributed by atoms with Crippen LogP contribution in [0.4, 0.5) is 0 Å². The van der Waals surface area contributed by atoms with Gasteiger partial charge in [0.25, 0.3) is 0 Å². The molecule has 2 atom stereocenters. The largest absolute Gasteiger partial charge is 0.494 e. The molecule has 1 aromatic rings. The predicted molar refractivity (Wildman–Crippen MR) is 88.5 cm³/mol. The molecule has 0 saturated carbocycles. The van der Waals surface area contributed by atoms with Gasteiger partial charge in [0.05, 0.1) is 19.3 Å². The average molecular weight is 329 g/mol. The van der Waals surface area contributed by atoms with Crippen molar-refractivity contribution in [3.8, 4) is 5.75 Å². The summed E-state index contributed by atoms with van der Waals surface area (Å²) >= 11 is 0. The number of amides is 1. The lowest BCUT2D eigenvalue weighted by molar-refractivity contribution is -0.138. The smallest absolute Gasteiger partial charge is 0.242 e. The number of halogens is 1. The van der Waals surface area contributed by atoms with Crippen molar-refractivity contribution >= 4 is 18.3 Å². The van der Waals surface area contributed by atoms with Crippen molar-refractivity contribution in [2.45, 2.75) is 32.5 Å². The first-order valence-corrected chi connectivity index (χ1v) is 7.43. The molecule has 5 nitrogen and oxygen atoms in total. The van der Waals surface area contributed by atoms with Crippen LogP contribution in [0.3, 0.4) is 0 Å². The quantitative estimate of drug-likeness (QED) is 0.896. The van der Waals surface area contributed by atoms with Gasteiger partial charge in [-0.25, -0.2) is 0 Å². The maximum atomic E-state index is 12.4. The molecule has 0 radical (unpaired) electrons. The third-order valence-electron chi connectivity index (χ3n) is 3.61. The number of benzene rings is 1. The van der Waals surface area contributed by atoms with Gasteiger partial charge in [0.2, 0.25) is 5.91 Å². The molecule has 0 aromatic heterocycles. The number of nitrogens with zero attached hydrogens (tertiary/aromatic N) is 1. The number of rotatable bonds is 5. The highest BCUT2D eigenvalue weighted by molar-refractivity contribution is 5.85. The van der Waals surface area contributed by atoms with E-state index >= 15 is 0 Å². The van der Waals surface area contributed by atoms with Gasteiger partial charge >= 0.3 is 0 Å². The lowest BCUT2D eigenvalue weighted by Crippen LogP contribution is -2.55. The number of hydrogen-bond acceptors (Lipinski definition) is 4. The van der Waals surface area contributed by atoms with Gasteiger partial charge in [0.1, 0.15) is 11.8 Å². The first-order chi connectivity index (χ1) is 10.1. The zero-order valence-electron chi connectivity index (χ0n) is 13.4. The zero-order valence-corrected chi connectivity index (χ0v) is 14.2. The summed E-state index contributed by atoms with van der Waals surface area (Å²) in [5, 5.41) is 3.22.